The first-order valence-electron chi connectivity index (χ1n) is 9.53. The van der Waals surface area contributed by atoms with Crippen molar-refractivity contribution in [2.45, 2.75) is 90.6 Å². The Morgan fingerprint density at radius 3 is 2.08 bits per heavy atom. The molecule has 0 aromatic carbocycles. The van der Waals surface area contributed by atoms with Crippen molar-refractivity contribution in [3.05, 3.63) is 0 Å². The molecule has 132 valence electrons. The maximum Gasteiger partial charge on any atom is 0.165 e. The Morgan fingerprint density at radius 2 is 1.54 bits per heavy atom. The van der Waals surface area contributed by atoms with Gasteiger partial charge in [0, 0.05) is 6.21 Å². The van der Waals surface area contributed by atoms with Gasteiger partial charge in [-0.25, -0.2) is 0 Å². The fraction of sp³-hybridized carbons (Fsp3) is 0.800. The fourth-order valence-corrected chi connectivity index (χ4v) is 3.08. The van der Waals surface area contributed by atoms with Gasteiger partial charge in [-0.05, 0) is 26.7 Å². The SMILES string of the molecule is CCCCCCCCCCCC1(C(C)C#N)N=CC(C(C)C#N)=N1. The molecule has 3 unspecified atom stereocenters. The van der Waals surface area contributed by atoms with Crippen LogP contribution in [0, 0.1) is 34.5 Å². The van der Waals surface area contributed by atoms with Gasteiger partial charge in [0.1, 0.15) is 0 Å². The van der Waals surface area contributed by atoms with Crippen LogP contribution in [-0.4, -0.2) is 17.6 Å². The number of nitriles is 2. The summed E-state index contributed by atoms with van der Waals surface area (Å²) in [6.07, 6.45) is 14.0. The molecule has 4 heteroatoms. The normalized spacial score (nSPS) is 21.8. The number of hydrogen-bond acceptors (Lipinski definition) is 4. The Morgan fingerprint density at radius 1 is 0.958 bits per heavy atom. The quantitative estimate of drug-likeness (QED) is 0.447. The van der Waals surface area contributed by atoms with Crippen LogP contribution in [0.3, 0.4) is 0 Å². The van der Waals surface area contributed by atoms with E-state index in [1.807, 2.05) is 13.8 Å². The lowest BCUT2D eigenvalue weighted by molar-refractivity contribution is 0.330. The zero-order chi connectivity index (χ0) is 17.8. The standard InChI is InChI=1S/C20H32N4/c1-4-5-6-7-8-9-10-11-12-13-20(18(3)15-22)23-16-19(24-20)17(2)14-21/h16-18H,4-13H2,1-3H3. The van der Waals surface area contributed by atoms with E-state index in [-0.39, 0.29) is 11.8 Å². The van der Waals surface area contributed by atoms with Gasteiger partial charge in [0.25, 0.3) is 0 Å². The molecule has 0 bridgehead atoms. The minimum absolute atomic E-state index is 0.258. The highest BCUT2D eigenvalue weighted by Crippen LogP contribution is 2.33. The molecule has 0 fully saturated rings. The minimum atomic E-state index is -0.656. The zero-order valence-corrected chi connectivity index (χ0v) is 15.6. The molecule has 0 saturated carbocycles. The van der Waals surface area contributed by atoms with Crippen LogP contribution in [0.1, 0.15) is 85.0 Å². The summed E-state index contributed by atoms with van der Waals surface area (Å²) in [5, 5.41) is 18.4. The lowest BCUT2D eigenvalue weighted by Crippen LogP contribution is -2.30. The van der Waals surface area contributed by atoms with Crippen molar-refractivity contribution in [1.29, 1.82) is 10.5 Å². The van der Waals surface area contributed by atoms with Crippen LogP contribution in [0.5, 0.6) is 0 Å². The van der Waals surface area contributed by atoms with Crippen LogP contribution in [0.4, 0.5) is 0 Å². The summed E-state index contributed by atoms with van der Waals surface area (Å²) in [5.74, 6) is -0.518. The molecule has 1 heterocycles. The molecule has 0 aromatic heterocycles. The van der Waals surface area contributed by atoms with E-state index in [0.717, 1.165) is 18.6 Å². The third-order valence-corrected chi connectivity index (χ3v) is 4.92. The van der Waals surface area contributed by atoms with E-state index < -0.39 is 5.66 Å². The Bertz CT molecular complexity index is 509. The summed E-state index contributed by atoms with van der Waals surface area (Å²) in [6, 6.07) is 4.50. The Kier molecular flexibility index (Phi) is 9.31. The van der Waals surface area contributed by atoms with Gasteiger partial charge in [-0.2, -0.15) is 10.5 Å². The van der Waals surface area contributed by atoms with Crippen molar-refractivity contribution in [2.24, 2.45) is 21.8 Å². The van der Waals surface area contributed by atoms with Gasteiger partial charge in [-0.15, -0.1) is 0 Å². The molecule has 0 amide bonds. The molecule has 0 N–H and O–H groups in total. The molecule has 3 atom stereocenters. The van der Waals surface area contributed by atoms with E-state index in [4.69, 9.17) is 5.26 Å². The summed E-state index contributed by atoms with van der Waals surface area (Å²) in [7, 11) is 0. The summed E-state index contributed by atoms with van der Waals surface area (Å²) in [6.45, 7) is 5.96. The largest absolute Gasteiger partial charge is 0.260 e. The third-order valence-electron chi connectivity index (χ3n) is 4.92. The summed E-state index contributed by atoms with van der Waals surface area (Å²) in [4.78, 5) is 9.23. The van der Waals surface area contributed by atoms with E-state index >= 15 is 0 Å². The lowest BCUT2D eigenvalue weighted by Gasteiger charge is -2.25. The Labute approximate surface area is 147 Å². The second-order valence-corrected chi connectivity index (χ2v) is 6.95. The van der Waals surface area contributed by atoms with E-state index in [2.05, 4.69) is 29.0 Å². The van der Waals surface area contributed by atoms with E-state index in [1.165, 1.54) is 51.4 Å². The van der Waals surface area contributed by atoms with Gasteiger partial charge < -0.3 is 0 Å². The molecule has 0 aromatic rings. The smallest absolute Gasteiger partial charge is 0.165 e. The molecule has 0 saturated heterocycles. The van der Waals surface area contributed by atoms with Crippen molar-refractivity contribution in [3.63, 3.8) is 0 Å². The highest BCUT2D eigenvalue weighted by atomic mass is 15.1. The minimum Gasteiger partial charge on any atom is -0.260 e. The summed E-state index contributed by atoms with van der Waals surface area (Å²) >= 11 is 0. The second-order valence-electron chi connectivity index (χ2n) is 6.95. The molecule has 1 aliphatic heterocycles. The lowest BCUT2D eigenvalue weighted by atomic mass is 9.90. The van der Waals surface area contributed by atoms with Crippen molar-refractivity contribution in [1.82, 2.24) is 0 Å². The average molecular weight is 329 g/mol. The highest BCUT2D eigenvalue weighted by molar-refractivity contribution is 6.33. The van der Waals surface area contributed by atoms with E-state index in [0.29, 0.717) is 0 Å². The molecule has 24 heavy (non-hydrogen) atoms. The van der Waals surface area contributed by atoms with E-state index in [9.17, 15) is 5.26 Å². The summed E-state index contributed by atoms with van der Waals surface area (Å²) in [5.41, 5.74) is 0.0616. The molecular formula is C20H32N4. The average Bonchev–Trinajstić information content (AvgIpc) is 3.04. The topological polar surface area (TPSA) is 72.3 Å². The highest BCUT2D eigenvalue weighted by Gasteiger charge is 2.38. The second kappa shape index (κ2) is 11.0. The first-order chi connectivity index (χ1) is 11.6. The van der Waals surface area contributed by atoms with Crippen molar-refractivity contribution in [2.75, 3.05) is 0 Å². The number of hydrogen-bond donors (Lipinski definition) is 0. The van der Waals surface area contributed by atoms with Gasteiger partial charge in [-0.3, -0.25) is 9.98 Å². The molecule has 0 aliphatic carbocycles. The predicted octanol–water partition coefficient (Wildman–Crippen LogP) is 5.45. The fourth-order valence-electron chi connectivity index (χ4n) is 3.08. The zero-order valence-electron chi connectivity index (χ0n) is 15.6. The van der Waals surface area contributed by atoms with Gasteiger partial charge in [-0.1, -0.05) is 58.3 Å². The van der Waals surface area contributed by atoms with Crippen LogP contribution in [-0.2, 0) is 0 Å². The van der Waals surface area contributed by atoms with E-state index in [1.54, 1.807) is 6.21 Å². The molecule has 0 spiro atoms. The maximum absolute atomic E-state index is 9.33. The molecule has 1 aliphatic rings. The van der Waals surface area contributed by atoms with Crippen LogP contribution in [0.25, 0.3) is 0 Å². The Hall–Kier alpha value is -1.68. The molecule has 4 nitrogen and oxygen atoms in total. The van der Waals surface area contributed by atoms with Crippen molar-refractivity contribution < 1.29 is 0 Å². The van der Waals surface area contributed by atoms with Crippen LogP contribution >= 0.6 is 0 Å². The predicted molar refractivity (Wildman–Crippen MR) is 100 cm³/mol. The maximum atomic E-state index is 9.33. The monoisotopic (exact) mass is 328 g/mol. The molecule has 1 rings (SSSR count). The van der Waals surface area contributed by atoms with Gasteiger partial charge in [0.15, 0.2) is 5.66 Å². The first-order valence-corrected chi connectivity index (χ1v) is 9.53. The van der Waals surface area contributed by atoms with Crippen molar-refractivity contribution >= 4 is 11.9 Å². The molecular weight excluding hydrogens is 296 g/mol. The third kappa shape index (κ3) is 6.08. The van der Waals surface area contributed by atoms with Gasteiger partial charge in [0.2, 0.25) is 0 Å². The molecule has 0 radical (unpaired) electrons. The number of unbranched alkanes of at least 4 members (excludes halogenated alkanes) is 8. The number of rotatable bonds is 12. The van der Waals surface area contributed by atoms with Gasteiger partial charge in [0.05, 0.1) is 29.7 Å². The van der Waals surface area contributed by atoms with Crippen molar-refractivity contribution in [3.8, 4) is 12.1 Å². The number of aliphatic imine (C=N–C) groups is 2. The Balaban J connectivity index is 2.39. The van der Waals surface area contributed by atoms with Crippen LogP contribution in [0.2, 0.25) is 0 Å². The van der Waals surface area contributed by atoms with Crippen LogP contribution < -0.4 is 0 Å². The number of nitrogens with zero attached hydrogens (tertiary/aromatic N) is 4. The first kappa shape index (κ1) is 20.4. The van der Waals surface area contributed by atoms with Gasteiger partial charge >= 0.3 is 0 Å². The summed E-state index contributed by atoms with van der Waals surface area (Å²) < 4.78 is 0. The van der Waals surface area contributed by atoms with Crippen LogP contribution in [0.15, 0.2) is 9.98 Å².